The first kappa shape index (κ1) is 17.7. The van der Waals surface area contributed by atoms with E-state index < -0.39 is 4.92 Å². The molecule has 3 unspecified atom stereocenters. The molecule has 1 aromatic rings. The van der Waals surface area contributed by atoms with Crippen LogP contribution in [0.4, 0.5) is 11.4 Å². The molecular weight excluding hydrogens is 322 g/mol. The fourth-order valence-electron chi connectivity index (χ4n) is 4.58. The number of nitro benzene ring substituents is 1. The molecule has 1 aliphatic heterocycles. The molecular formula is C18H25N3O4. The quantitative estimate of drug-likeness (QED) is 0.603. The Balaban J connectivity index is 1.71. The van der Waals surface area contributed by atoms with Crippen LogP contribution in [0.2, 0.25) is 0 Å². The molecule has 7 heteroatoms. The molecule has 2 fully saturated rings. The van der Waals surface area contributed by atoms with Gasteiger partial charge in [-0.15, -0.1) is 0 Å². The van der Waals surface area contributed by atoms with E-state index in [2.05, 4.69) is 13.8 Å². The lowest BCUT2D eigenvalue weighted by molar-refractivity contribution is -0.384. The highest BCUT2D eigenvalue weighted by atomic mass is 16.6. The maximum atomic E-state index is 12.8. The normalized spacial score (nSPS) is 26.5. The van der Waals surface area contributed by atoms with Crippen LogP contribution in [0.25, 0.3) is 0 Å². The fourth-order valence-corrected chi connectivity index (χ4v) is 4.58. The van der Waals surface area contributed by atoms with E-state index in [4.69, 9.17) is 4.74 Å². The number of nitro groups is 1. The second kappa shape index (κ2) is 6.29. The molecule has 7 nitrogen and oxygen atoms in total. The van der Waals surface area contributed by atoms with Crippen molar-refractivity contribution in [3.8, 4) is 0 Å². The van der Waals surface area contributed by atoms with Gasteiger partial charge in [0.15, 0.2) is 0 Å². The molecule has 0 spiro atoms. The lowest BCUT2D eigenvalue weighted by Crippen LogP contribution is -2.67. The van der Waals surface area contributed by atoms with Crippen molar-refractivity contribution >= 4 is 17.3 Å². The fraction of sp³-hybridized carbons (Fsp3) is 0.611. The van der Waals surface area contributed by atoms with E-state index in [9.17, 15) is 14.9 Å². The van der Waals surface area contributed by atoms with Crippen molar-refractivity contribution in [2.45, 2.75) is 32.4 Å². The summed E-state index contributed by atoms with van der Waals surface area (Å²) in [7, 11) is 3.54. The number of hydrogen-bond donors (Lipinski definition) is 0. The van der Waals surface area contributed by atoms with Crippen LogP contribution in [0.3, 0.4) is 0 Å². The minimum atomic E-state index is -0.421. The largest absolute Gasteiger partial charge is 0.377 e. The summed E-state index contributed by atoms with van der Waals surface area (Å²) in [6.07, 6.45) is 1.21. The number of nitrogens with zero attached hydrogens (tertiary/aromatic N) is 3. The van der Waals surface area contributed by atoms with Gasteiger partial charge in [-0.2, -0.15) is 0 Å². The van der Waals surface area contributed by atoms with Gasteiger partial charge in [0.2, 0.25) is 5.91 Å². The van der Waals surface area contributed by atoms with E-state index in [1.54, 1.807) is 35.0 Å². The summed E-state index contributed by atoms with van der Waals surface area (Å²) in [5.41, 5.74) is 0.390. The number of para-hydroxylation sites is 2. The van der Waals surface area contributed by atoms with E-state index in [0.717, 1.165) is 13.0 Å². The summed E-state index contributed by atoms with van der Waals surface area (Å²) in [6, 6.07) is 6.63. The SMILES string of the molecule is CN(CC(=O)N(C)C1C2CCOC2C1(C)C)c1ccccc1[N+](=O)[O-]. The van der Waals surface area contributed by atoms with Gasteiger partial charge in [0.05, 0.1) is 17.6 Å². The Hall–Kier alpha value is -2.15. The standard InChI is InChI=1S/C18H25N3O4/c1-18(2)16(12-9-10-25-17(12)18)20(4)15(22)11-19(3)13-7-5-6-8-14(13)21(23)24/h5-8,12,16-17H,9-11H2,1-4H3. The van der Waals surface area contributed by atoms with E-state index in [1.807, 2.05) is 7.05 Å². The Kier molecular flexibility index (Phi) is 4.45. The number of ether oxygens (including phenoxy) is 1. The van der Waals surface area contributed by atoms with Crippen LogP contribution in [-0.2, 0) is 9.53 Å². The maximum absolute atomic E-state index is 12.8. The molecule has 0 radical (unpaired) electrons. The lowest BCUT2D eigenvalue weighted by Gasteiger charge is -2.57. The zero-order valence-corrected chi connectivity index (χ0v) is 15.1. The molecule has 3 atom stereocenters. The Bertz CT molecular complexity index is 691. The molecule has 1 aromatic carbocycles. The Morgan fingerprint density at radius 2 is 2.04 bits per heavy atom. The third-order valence-corrected chi connectivity index (χ3v) is 5.71. The van der Waals surface area contributed by atoms with Crippen molar-refractivity contribution in [3.63, 3.8) is 0 Å². The summed E-state index contributed by atoms with van der Waals surface area (Å²) in [4.78, 5) is 27.0. The summed E-state index contributed by atoms with van der Waals surface area (Å²) >= 11 is 0. The van der Waals surface area contributed by atoms with Gasteiger partial charge in [-0.05, 0) is 12.5 Å². The van der Waals surface area contributed by atoms with Crippen molar-refractivity contribution in [3.05, 3.63) is 34.4 Å². The molecule has 1 heterocycles. The Morgan fingerprint density at radius 1 is 1.36 bits per heavy atom. The van der Waals surface area contributed by atoms with Gasteiger partial charge < -0.3 is 14.5 Å². The van der Waals surface area contributed by atoms with Crippen molar-refractivity contribution in [2.75, 3.05) is 32.1 Å². The Morgan fingerprint density at radius 3 is 2.72 bits per heavy atom. The van der Waals surface area contributed by atoms with Crippen LogP contribution in [0, 0.1) is 21.4 Å². The van der Waals surface area contributed by atoms with Gasteiger partial charge in [-0.25, -0.2) is 0 Å². The molecule has 3 rings (SSSR count). The number of benzene rings is 1. The number of hydrogen-bond acceptors (Lipinski definition) is 5. The highest BCUT2D eigenvalue weighted by Crippen LogP contribution is 2.54. The van der Waals surface area contributed by atoms with E-state index in [1.165, 1.54) is 6.07 Å². The van der Waals surface area contributed by atoms with Gasteiger partial charge in [0.25, 0.3) is 5.69 Å². The first-order valence-corrected chi connectivity index (χ1v) is 8.57. The molecule has 1 saturated carbocycles. The topological polar surface area (TPSA) is 75.9 Å². The number of carbonyl (C=O) groups is 1. The van der Waals surface area contributed by atoms with Crippen LogP contribution in [-0.4, -0.2) is 55.1 Å². The van der Waals surface area contributed by atoms with Crippen molar-refractivity contribution < 1.29 is 14.5 Å². The van der Waals surface area contributed by atoms with Crippen LogP contribution in [0.1, 0.15) is 20.3 Å². The van der Waals surface area contributed by atoms with Crippen LogP contribution >= 0.6 is 0 Å². The molecule has 0 bridgehead atoms. The monoisotopic (exact) mass is 347 g/mol. The molecule has 0 aromatic heterocycles. The minimum Gasteiger partial charge on any atom is -0.377 e. The molecule has 1 aliphatic carbocycles. The lowest BCUT2D eigenvalue weighted by atomic mass is 9.57. The van der Waals surface area contributed by atoms with E-state index in [-0.39, 0.29) is 35.7 Å². The van der Waals surface area contributed by atoms with Gasteiger partial charge in [-0.1, -0.05) is 26.0 Å². The van der Waals surface area contributed by atoms with Gasteiger partial charge in [0.1, 0.15) is 5.69 Å². The number of likely N-dealkylation sites (N-methyl/N-ethyl adjacent to an activating group) is 2. The zero-order chi connectivity index (χ0) is 18.4. The summed E-state index contributed by atoms with van der Waals surface area (Å²) in [6.45, 7) is 5.14. The summed E-state index contributed by atoms with van der Waals surface area (Å²) in [5.74, 6) is 0.351. The third kappa shape index (κ3) is 2.86. The van der Waals surface area contributed by atoms with Crippen LogP contribution < -0.4 is 4.90 Å². The van der Waals surface area contributed by atoms with Crippen LogP contribution in [0.15, 0.2) is 24.3 Å². The second-order valence-electron chi connectivity index (χ2n) is 7.62. The van der Waals surface area contributed by atoms with Crippen molar-refractivity contribution in [2.24, 2.45) is 11.3 Å². The number of anilines is 1. The number of rotatable bonds is 5. The van der Waals surface area contributed by atoms with Gasteiger partial charge in [0, 0.05) is 44.1 Å². The molecule has 0 N–H and O–H groups in total. The highest BCUT2D eigenvalue weighted by molar-refractivity contribution is 5.82. The predicted molar refractivity (Wildman–Crippen MR) is 94.6 cm³/mol. The van der Waals surface area contributed by atoms with Gasteiger partial charge in [-0.3, -0.25) is 14.9 Å². The minimum absolute atomic E-state index is 0.00804. The van der Waals surface area contributed by atoms with Crippen molar-refractivity contribution in [1.29, 1.82) is 0 Å². The second-order valence-corrected chi connectivity index (χ2v) is 7.62. The maximum Gasteiger partial charge on any atom is 0.292 e. The first-order valence-electron chi connectivity index (χ1n) is 8.57. The molecule has 1 saturated heterocycles. The van der Waals surface area contributed by atoms with E-state index >= 15 is 0 Å². The van der Waals surface area contributed by atoms with Crippen LogP contribution in [0.5, 0.6) is 0 Å². The van der Waals surface area contributed by atoms with E-state index in [0.29, 0.717) is 11.6 Å². The Labute approximate surface area is 147 Å². The van der Waals surface area contributed by atoms with Gasteiger partial charge >= 0.3 is 0 Å². The predicted octanol–water partition coefficient (Wildman–Crippen LogP) is 2.30. The zero-order valence-electron chi connectivity index (χ0n) is 15.1. The number of amides is 1. The highest BCUT2D eigenvalue weighted by Gasteiger charge is 2.61. The molecule has 136 valence electrons. The first-order chi connectivity index (χ1) is 11.7. The average molecular weight is 347 g/mol. The molecule has 25 heavy (non-hydrogen) atoms. The molecule has 1 amide bonds. The summed E-state index contributed by atoms with van der Waals surface area (Å²) in [5, 5.41) is 11.2. The number of fused-ring (bicyclic) bond motifs is 1. The third-order valence-electron chi connectivity index (χ3n) is 5.71. The van der Waals surface area contributed by atoms with Crippen molar-refractivity contribution in [1.82, 2.24) is 4.90 Å². The summed E-state index contributed by atoms with van der Waals surface area (Å²) < 4.78 is 5.80. The smallest absolute Gasteiger partial charge is 0.292 e. The number of carbonyl (C=O) groups excluding carboxylic acids is 1. The molecule has 2 aliphatic rings. The average Bonchev–Trinajstić information content (AvgIpc) is 3.00.